The molecule has 0 unspecified atom stereocenters. The zero-order chi connectivity index (χ0) is 87.0. The number of likely N-dealkylation sites (N-methyl/N-ethyl adjacent to an activating group) is 1. The topological polar surface area (TPSA) is 437 Å². The second-order valence-corrected chi connectivity index (χ2v) is 37.5. The summed E-state index contributed by atoms with van der Waals surface area (Å²) in [6.45, 7) is 27.3. The van der Waals surface area contributed by atoms with E-state index in [-0.39, 0.29) is 28.4 Å². The third kappa shape index (κ3) is 18.5. The minimum absolute atomic E-state index is 0.0908. The first-order chi connectivity index (χ1) is 58.6. The highest BCUT2D eigenvalue weighted by Crippen LogP contribution is 2.44. The quantitative estimate of drug-likeness (QED) is 0.0240. The van der Waals surface area contributed by atoms with Crippen molar-refractivity contribution in [1.29, 1.82) is 0 Å². The number of hydrogen-bond donors (Lipinski definition) is 12. The molecule has 32 nitrogen and oxygen atoms in total. The molecule has 34 heteroatoms. The maximum absolute atomic E-state index is 13.2. The number of halogens is 2. The normalized spacial score (nSPS) is 26.9. The number of H-pyrrole nitrogens is 3. The predicted molar refractivity (Wildman–Crippen MR) is 464 cm³/mol. The maximum atomic E-state index is 13.2. The minimum Gasteiger partial charge on any atom is -0.433 e. The van der Waals surface area contributed by atoms with Crippen molar-refractivity contribution < 1.29 is 58.4 Å². The fraction of sp³-hybridized carbons (Fsp3) is 0.573. The lowest BCUT2D eigenvalue weighted by Crippen LogP contribution is -2.52. The summed E-state index contributed by atoms with van der Waals surface area (Å²) in [4.78, 5) is 60.8. The Morgan fingerprint density at radius 1 is 0.472 bits per heavy atom. The fourth-order valence-corrected chi connectivity index (χ4v) is 18.9. The monoisotopic (exact) mass is 1690 g/mol. The Balaban J connectivity index is 0.000000137. The van der Waals surface area contributed by atoms with Gasteiger partial charge in [-0.15, -0.1) is 0 Å². The number of fused-ring (bicyclic) bond motifs is 6. The molecule has 3 aliphatic heterocycles. The highest BCUT2D eigenvalue weighted by Gasteiger charge is 2.50. The van der Waals surface area contributed by atoms with Crippen LogP contribution >= 0.6 is 0 Å². The highest BCUT2D eigenvalue weighted by atomic mass is 19.3. The van der Waals surface area contributed by atoms with Gasteiger partial charge in [-0.25, -0.2) is 49.8 Å². The number of aliphatic hydroxyl groups is 6. The summed E-state index contributed by atoms with van der Waals surface area (Å²) < 4.78 is 54.8. The number of nitrogens with two attached hydrogens (primary N) is 3. The molecule has 123 heavy (non-hydrogen) atoms. The summed E-state index contributed by atoms with van der Waals surface area (Å²) in [5.41, 5.74) is 28.4. The number of nitrogens with one attached hydrogen (secondary N) is 3. The van der Waals surface area contributed by atoms with Crippen molar-refractivity contribution in [3.05, 3.63) is 133 Å². The standard InChI is InChI=1S/C31H43N7O3.C30H41N7O3.C28H36F2N8O4/c1-17(2)38(15-24-26(39)27(40)30(41-24)37-11-10-21-28(32)33-16-34-29(21)37)20-12-18(13-20)6-9-25-35-22-8-7-19(31(3,4)5)14-23(22)36-25;1-5-36(15-23-25(38)26(39)29(40-23)37-11-10-20-27(31)32-16-33-28(20)37)19-12-17(13-19)6-9-24-34-21-8-7-18(30(2,3)4)14-22(21)35-24;1-14(2)37(11-20-23(39)24(40)27(41-20)38-13-34-22-25(31)32-12-33-26(22)38)16-8-15(9-16)4-7-21-35-18-6-5-17(10-19(18)36-21)42-28(3,29)30/h7-8,10-11,14,16-18,20,24,26-27,30,39-40H,6,9,12-13,15H2,1-5H3,(H,35,36)(H2,32,33,34);7-8,10-11,14,16-17,19,23,25-26,29,38-39H,5-6,9,12-13,15H2,1-4H3,(H,34,35)(H2,31,32,33);5-6,10,12-16,20,23-24,27,39-40H,4,7-9,11H2,1-3H3,(H,35,36)(H2,31,32,33)/t18?,20?,24-,26-,27-,30-;17?,19?,23-,25-,26-,29-;15?,16?,20-,23-,24-,27-/m111/s1. The lowest BCUT2D eigenvalue weighted by Gasteiger charge is -2.46. The molecule has 0 radical (unpaired) electrons. The van der Waals surface area contributed by atoms with Crippen LogP contribution in [0.15, 0.2) is 104 Å². The van der Waals surface area contributed by atoms with Crippen LogP contribution in [0.2, 0.25) is 0 Å². The number of nitrogens with zero attached hydrogens (tertiary/aromatic N) is 16. The lowest BCUT2D eigenvalue weighted by molar-refractivity contribution is -0.158. The van der Waals surface area contributed by atoms with E-state index in [9.17, 15) is 39.4 Å². The number of aromatic amines is 3. The van der Waals surface area contributed by atoms with E-state index in [1.54, 1.807) is 38.2 Å². The Morgan fingerprint density at radius 3 is 1.26 bits per heavy atom. The zero-order valence-electron chi connectivity index (χ0n) is 72.1. The smallest absolute Gasteiger partial charge is 0.394 e. The van der Waals surface area contributed by atoms with Gasteiger partial charge in [-0.3, -0.25) is 19.3 Å². The fourth-order valence-electron chi connectivity index (χ4n) is 18.9. The van der Waals surface area contributed by atoms with Crippen molar-refractivity contribution in [2.24, 2.45) is 17.8 Å². The first kappa shape index (κ1) is 86.9. The van der Waals surface area contributed by atoms with Crippen molar-refractivity contribution in [3.63, 3.8) is 0 Å². The molecule has 6 aliphatic rings. The Bertz CT molecular complexity index is 5640. The number of alkyl halides is 2. The second kappa shape index (κ2) is 35.1. The van der Waals surface area contributed by atoms with E-state index in [4.69, 9.17) is 41.4 Å². The third-order valence-corrected chi connectivity index (χ3v) is 26.3. The summed E-state index contributed by atoms with van der Waals surface area (Å²) in [5.74, 6) is 5.81. The molecule has 12 aromatic rings. The number of aromatic nitrogens is 16. The number of anilines is 3. The van der Waals surface area contributed by atoms with Crippen molar-refractivity contribution >= 4 is 83.8 Å². The van der Waals surface area contributed by atoms with Crippen molar-refractivity contribution in [1.82, 2.24) is 93.2 Å². The summed E-state index contributed by atoms with van der Waals surface area (Å²) in [6, 6.07) is 23.1. The second-order valence-electron chi connectivity index (χ2n) is 37.5. The van der Waals surface area contributed by atoms with Crippen LogP contribution in [0.1, 0.15) is 188 Å². The molecule has 3 aromatic carbocycles. The van der Waals surface area contributed by atoms with Gasteiger partial charge in [0.25, 0.3) is 0 Å². The van der Waals surface area contributed by atoms with Crippen molar-refractivity contribution in [2.45, 2.75) is 281 Å². The van der Waals surface area contributed by atoms with Crippen LogP contribution in [0.3, 0.4) is 0 Å². The molecular weight excluding hydrogens is 1580 g/mol. The predicted octanol–water partition coefficient (Wildman–Crippen LogP) is 10.5. The molecule has 6 fully saturated rings. The molecule has 0 spiro atoms. The van der Waals surface area contributed by atoms with Crippen LogP contribution in [0.4, 0.5) is 26.2 Å². The Morgan fingerprint density at radius 2 is 0.854 bits per heavy atom. The van der Waals surface area contributed by atoms with E-state index in [0.29, 0.717) is 124 Å². The van der Waals surface area contributed by atoms with E-state index < -0.39 is 79.7 Å². The molecule has 12 atom stereocenters. The number of aryl methyl sites for hydroxylation is 3. The molecule has 660 valence electrons. The lowest BCUT2D eigenvalue weighted by atomic mass is 9.76. The van der Waals surface area contributed by atoms with E-state index in [2.05, 4.69) is 187 Å². The number of nitrogen functional groups attached to an aromatic ring is 3. The molecular formula is C89H120F2N22O10. The first-order valence-electron chi connectivity index (χ1n) is 43.5. The van der Waals surface area contributed by atoms with Crippen LogP contribution in [0.5, 0.6) is 5.75 Å². The van der Waals surface area contributed by atoms with E-state index >= 15 is 0 Å². The molecule has 3 aliphatic carbocycles. The summed E-state index contributed by atoms with van der Waals surface area (Å²) >= 11 is 0. The van der Waals surface area contributed by atoms with E-state index in [1.807, 2.05) is 12.1 Å². The maximum Gasteiger partial charge on any atom is 0.394 e. The largest absolute Gasteiger partial charge is 0.433 e. The Kier molecular flexibility index (Phi) is 24.8. The van der Waals surface area contributed by atoms with Crippen LogP contribution in [0, 0.1) is 17.8 Å². The first-order valence-corrected chi connectivity index (χ1v) is 43.5. The van der Waals surface area contributed by atoms with Gasteiger partial charge >= 0.3 is 6.11 Å². The number of aliphatic hydroxyl groups excluding tert-OH is 6. The van der Waals surface area contributed by atoms with Gasteiger partial charge in [0.2, 0.25) is 0 Å². The molecule has 15 N–H and O–H groups in total. The van der Waals surface area contributed by atoms with E-state index in [0.717, 1.165) is 123 Å². The Labute approximate surface area is 712 Å². The van der Waals surface area contributed by atoms with E-state index in [1.165, 1.54) is 42.5 Å². The molecule has 12 heterocycles. The third-order valence-electron chi connectivity index (χ3n) is 26.3. The average Bonchev–Trinajstić information content (AvgIpc) is 1.63. The number of imidazole rings is 4. The van der Waals surface area contributed by atoms with Gasteiger partial charge in [0.05, 0.1) is 50.2 Å². The molecule has 3 saturated heterocycles. The van der Waals surface area contributed by atoms with Gasteiger partial charge in [0.1, 0.15) is 126 Å². The van der Waals surface area contributed by atoms with Crippen LogP contribution in [-0.4, -0.2) is 241 Å². The average molecular weight is 1700 g/mol. The van der Waals surface area contributed by atoms with Gasteiger partial charge in [-0.05, 0) is 180 Å². The zero-order valence-corrected chi connectivity index (χ0v) is 72.1. The van der Waals surface area contributed by atoms with Crippen LogP contribution in [-0.2, 0) is 44.3 Å². The van der Waals surface area contributed by atoms with Gasteiger partial charge in [0.15, 0.2) is 30.1 Å². The van der Waals surface area contributed by atoms with Crippen molar-refractivity contribution in [3.8, 4) is 5.75 Å². The van der Waals surface area contributed by atoms with Gasteiger partial charge in [-0.2, -0.15) is 8.78 Å². The summed E-state index contributed by atoms with van der Waals surface area (Å²) in [7, 11) is 0. The molecule has 0 bridgehead atoms. The van der Waals surface area contributed by atoms with Crippen molar-refractivity contribution in [2.75, 3.05) is 43.4 Å². The van der Waals surface area contributed by atoms with Gasteiger partial charge < -0.3 is 90.9 Å². The molecule has 18 rings (SSSR count). The summed E-state index contributed by atoms with van der Waals surface area (Å²) in [6.07, 6.45) is 7.89. The summed E-state index contributed by atoms with van der Waals surface area (Å²) in [5, 5.41) is 66.8. The number of ether oxygens (including phenoxy) is 4. The Hall–Kier alpha value is -9.56. The molecule has 0 amide bonds. The van der Waals surface area contributed by atoms with Gasteiger partial charge in [0, 0.05) is 94.5 Å². The number of rotatable bonds is 26. The molecule has 3 saturated carbocycles. The van der Waals surface area contributed by atoms with Crippen LogP contribution < -0.4 is 21.9 Å². The minimum atomic E-state index is -3.25. The number of benzene rings is 3. The van der Waals surface area contributed by atoms with Crippen LogP contribution in [0.25, 0.3) is 66.3 Å². The van der Waals surface area contributed by atoms with Gasteiger partial charge in [-0.1, -0.05) is 60.6 Å². The SMILES string of the molecule is CC(C)N(C[C@H]1O[C@@H](n2ccc3c(N)ncnc32)[C@H](O)[C@@H]1O)C1CC(CCc2nc3ccc(C(C)(C)C)cc3[nH]2)C1.CC(C)N(C[C@H]1O[C@@H](n2cnc3c(N)ncnc32)[C@H](O)[C@@H]1O)C1CC(CCc2nc3ccc(OC(C)(F)F)cc3[nH]2)C1.CCN(C[C@H]1O[C@@H](n2ccc3c(N)ncnc32)[C@H](O)[C@@H]1O)C1CC(CCc2nc3ccc(C(C)(C)C)cc3[nH]2)C1. The molecule has 9 aromatic heterocycles. The highest BCUT2D eigenvalue weighted by molar-refractivity contribution is 5.87. The number of hydrogen-bond acceptors (Lipinski definition) is 26.